The summed E-state index contributed by atoms with van der Waals surface area (Å²) >= 11 is 1.69. The topological polar surface area (TPSA) is 96.0 Å². The van der Waals surface area contributed by atoms with Crippen LogP contribution in [0.4, 0.5) is 11.5 Å². The van der Waals surface area contributed by atoms with E-state index in [4.69, 9.17) is 4.74 Å². The molecule has 1 saturated heterocycles. The molecule has 0 spiro atoms. The van der Waals surface area contributed by atoms with Crippen LogP contribution in [0.25, 0.3) is 21.1 Å². The van der Waals surface area contributed by atoms with E-state index in [0.29, 0.717) is 11.7 Å². The van der Waals surface area contributed by atoms with Crippen molar-refractivity contribution < 1.29 is 9.53 Å². The summed E-state index contributed by atoms with van der Waals surface area (Å²) in [7, 11) is 1.66. The third-order valence-corrected chi connectivity index (χ3v) is 8.36. The summed E-state index contributed by atoms with van der Waals surface area (Å²) < 4.78 is 5.61. The van der Waals surface area contributed by atoms with Gasteiger partial charge in [0.25, 0.3) is 0 Å². The summed E-state index contributed by atoms with van der Waals surface area (Å²) in [4.78, 5) is 26.7. The monoisotopic (exact) mass is 476 g/mol. The van der Waals surface area contributed by atoms with E-state index in [-0.39, 0.29) is 11.3 Å². The summed E-state index contributed by atoms with van der Waals surface area (Å²) in [5, 5.41) is 12.6. The van der Waals surface area contributed by atoms with Gasteiger partial charge in [-0.25, -0.2) is 9.97 Å². The highest BCUT2D eigenvalue weighted by Crippen LogP contribution is 2.42. The average molecular weight is 477 g/mol. The van der Waals surface area contributed by atoms with E-state index < -0.39 is 0 Å². The number of amides is 1. The molecular weight excluding hydrogens is 448 g/mol. The summed E-state index contributed by atoms with van der Waals surface area (Å²) in [6, 6.07) is 3.94. The van der Waals surface area contributed by atoms with Gasteiger partial charge in [0.05, 0.1) is 29.9 Å². The van der Waals surface area contributed by atoms with Crippen molar-refractivity contribution in [2.24, 2.45) is 11.3 Å². The molecule has 176 valence electrons. The van der Waals surface area contributed by atoms with Crippen LogP contribution in [0.3, 0.4) is 0 Å². The minimum Gasteiger partial charge on any atom is -0.494 e. The fraction of sp³-hybridized carbons (Fsp3) is 0.440. The Kier molecular flexibility index (Phi) is 4.98. The SMILES string of the molecule is COc1cc2[nH]ncc2cc1Nc1ncnc2sc3c(c12)CCC(C(=O)N1CCC(C)(C)C1)C3. The molecule has 9 heteroatoms. The molecule has 0 saturated carbocycles. The number of ether oxygens (including phenoxy) is 1. The van der Waals surface area contributed by atoms with Gasteiger partial charge in [0.2, 0.25) is 5.91 Å². The van der Waals surface area contributed by atoms with Gasteiger partial charge in [-0.1, -0.05) is 13.8 Å². The molecule has 0 radical (unpaired) electrons. The van der Waals surface area contributed by atoms with Crippen molar-refractivity contribution in [3.8, 4) is 5.75 Å². The summed E-state index contributed by atoms with van der Waals surface area (Å²) in [5.41, 5.74) is 3.25. The van der Waals surface area contributed by atoms with Gasteiger partial charge >= 0.3 is 0 Å². The second-order valence-corrected chi connectivity index (χ2v) is 11.2. The zero-order chi connectivity index (χ0) is 23.4. The number of nitrogens with zero attached hydrogens (tertiary/aromatic N) is 4. The van der Waals surface area contributed by atoms with Gasteiger partial charge in [-0.2, -0.15) is 5.10 Å². The summed E-state index contributed by atoms with van der Waals surface area (Å²) in [5.74, 6) is 1.86. The second kappa shape index (κ2) is 7.94. The molecule has 4 heterocycles. The Morgan fingerprint density at radius 1 is 1.32 bits per heavy atom. The van der Waals surface area contributed by atoms with Crippen molar-refractivity contribution in [2.45, 2.75) is 39.5 Å². The Morgan fingerprint density at radius 2 is 2.21 bits per heavy atom. The number of nitrogens with one attached hydrogen (secondary N) is 2. The normalized spacial score (nSPS) is 19.5. The molecule has 0 bridgehead atoms. The van der Waals surface area contributed by atoms with Crippen LogP contribution in [0.5, 0.6) is 5.75 Å². The van der Waals surface area contributed by atoms with Crippen LogP contribution < -0.4 is 10.1 Å². The van der Waals surface area contributed by atoms with Gasteiger partial charge in [-0.05, 0) is 42.7 Å². The van der Waals surface area contributed by atoms with E-state index in [1.165, 1.54) is 10.4 Å². The number of benzene rings is 1. The number of anilines is 2. The third kappa shape index (κ3) is 3.58. The van der Waals surface area contributed by atoms with Gasteiger partial charge in [-0.15, -0.1) is 11.3 Å². The van der Waals surface area contributed by atoms with E-state index in [1.54, 1.807) is 31.0 Å². The number of aryl methyl sites for hydroxylation is 1. The molecule has 34 heavy (non-hydrogen) atoms. The molecule has 1 aliphatic heterocycles. The number of aromatic amines is 1. The first-order valence-corrected chi connectivity index (χ1v) is 12.6. The number of fused-ring (bicyclic) bond motifs is 4. The largest absolute Gasteiger partial charge is 0.494 e. The highest BCUT2D eigenvalue weighted by Gasteiger charge is 2.37. The molecule has 3 aromatic heterocycles. The first-order valence-electron chi connectivity index (χ1n) is 11.7. The molecule has 1 aliphatic carbocycles. The predicted octanol–water partition coefficient (Wildman–Crippen LogP) is 4.68. The van der Waals surface area contributed by atoms with E-state index in [0.717, 1.165) is 71.4 Å². The van der Waals surface area contributed by atoms with Gasteiger partial charge < -0.3 is 15.0 Å². The number of carbonyl (C=O) groups excluding carboxylic acids is 1. The lowest BCUT2D eigenvalue weighted by Gasteiger charge is -2.27. The van der Waals surface area contributed by atoms with Crippen molar-refractivity contribution in [1.82, 2.24) is 25.1 Å². The van der Waals surface area contributed by atoms with E-state index in [2.05, 4.69) is 44.2 Å². The molecule has 1 atom stereocenters. The number of carbonyl (C=O) groups is 1. The Labute approximate surface area is 201 Å². The zero-order valence-corrected chi connectivity index (χ0v) is 20.5. The fourth-order valence-electron chi connectivity index (χ4n) is 5.34. The molecule has 1 fully saturated rings. The van der Waals surface area contributed by atoms with Crippen LogP contribution in [0.15, 0.2) is 24.7 Å². The quantitative estimate of drug-likeness (QED) is 0.444. The lowest BCUT2D eigenvalue weighted by Crippen LogP contribution is -2.37. The average Bonchev–Trinajstić information content (AvgIpc) is 3.53. The lowest BCUT2D eigenvalue weighted by molar-refractivity contribution is -0.135. The van der Waals surface area contributed by atoms with Crippen molar-refractivity contribution in [3.05, 3.63) is 35.1 Å². The highest BCUT2D eigenvalue weighted by atomic mass is 32.1. The van der Waals surface area contributed by atoms with Gasteiger partial charge in [0.1, 0.15) is 22.7 Å². The van der Waals surface area contributed by atoms with Crippen LogP contribution >= 0.6 is 11.3 Å². The smallest absolute Gasteiger partial charge is 0.226 e. The van der Waals surface area contributed by atoms with Gasteiger partial charge in [0, 0.05) is 35.3 Å². The lowest BCUT2D eigenvalue weighted by atomic mass is 9.86. The van der Waals surface area contributed by atoms with Gasteiger partial charge in [0.15, 0.2) is 0 Å². The molecule has 1 unspecified atom stereocenters. The third-order valence-electron chi connectivity index (χ3n) is 7.20. The number of thiophene rings is 1. The van der Waals surface area contributed by atoms with Crippen LogP contribution in [-0.2, 0) is 17.6 Å². The standard InChI is InChI=1S/C25H28N6O2S/c1-25(2)6-7-31(12-25)24(32)14-4-5-16-20(9-14)34-23-21(16)22(26-13-27-23)29-18-8-15-11-28-30-17(15)10-19(18)33-3/h8,10-11,13-14H,4-7,9,12H2,1-3H3,(H,28,30)(H,26,27,29). The van der Waals surface area contributed by atoms with E-state index >= 15 is 0 Å². The van der Waals surface area contributed by atoms with E-state index in [9.17, 15) is 4.79 Å². The Balaban J connectivity index is 1.31. The first-order chi connectivity index (χ1) is 16.4. The predicted molar refractivity (Wildman–Crippen MR) is 134 cm³/mol. The van der Waals surface area contributed by atoms with Crippen molar-refractivity contribution in [2.75, 3.05) is 25.5 Å². The Hall–Kier alpha value is -3.20. The Bertz CT molecular complexity index is 1410. The molecular formula is C25H28N6O2S. The minimum atomic E-state index is 0.0578. The van der Waals surface area contributed by atoms with Crippen molar-refractivity contribution >= 4 is 49.9 Å². The van der Waals surface area contributed by atoms with Gasteiger partial charge in [-0.3, -0.25) is 9.89 Å². The summed E-state index contributed by atoms with van der Waals surface area (Å²) in [6.45, 7) is 6.24. The number of methoxy groups -OCH3 is 1. The molecule has 1 aromatic carbocycles. The van der Waals surface area contributed by atoms with Crippen LogP contribution in [0, 0.1) is 11.3 Å². The molecule has 6 rings (SSSR count). The summed E-state index contributed by atoms with van der Waals surface area (Å²) in [6.07, 6.45) is 7.00. The zero-order valence-electron chi connectivity index (χ0n) is 19.6. The minimum absolute atomic E-state index is 0.0578. The molecule has 2 aliphatic rings. The number of H-pyrrole nitrogens is 1. The van der Waals surface area contributed by atoms with Crippen LogP contribution in [0.2, 0.25) is 0 Å². The molecule has 4 aromatic rings. The van der Waals surface area contributed by atoms with Crippen molar-refractivity contribution in [3.63, 3.8) is 0 Å². The number of hydrogen-bond acceptors (Lipinski definition) is 7. The molecule has 8 nitrogen and oxygen atoms in total. The maximum Gasteiger partial charge on any atom is 0.226 e. The van der Waals surface area contributed by atoms with Crippen molar-refractivity contribution in [1.29, 1.82) is 0 Å². The van der Waals surface area contributed by atoms with Crippen LogP contribution in [0.1, 0.15) is 37.1 Å². The molecule has 2 N–H and O–H groups in total. The highest BCUT2D eigenvalue weighted by molar-refractivity contribution is 7.19. The number of rotatable bonds is 4. The maximum atomic E-state index is 13.2. The van der Waals surface area contributed by atoms with E-state index in [1.807, 2.05) is 12.1 Å². The molecule has 1 amide bonds. The fourth-order valence-corrected chi connectivity index (χ4v) is 6.61. The second-order valence-electron chi connectivity index (χ2n) is 10.2. The number of aromatic nitrogens is 4. The maximum absolute atomic E-state index is 13.2. The Morgan fingerprint density at radius 3 is 3.00 bits per heavy atom. The number of hydrogen-bond donors (Lipinski definition) is 2. The number of likely N-dealkylation sites (tertiary alicyclic amines) is 1. The van der Waals surface area contributed by atoms with Crippen LogP contribution in [-0.4, -0.2) is 51.2 Å². The first kappa shape index (κ1) is 21.3.